The molecule has 1 saturated carbocycles. The van der Waals surface area contributed by atoms with Crippen molar-refractivity contribution in [1.29, 1.82) is 0 Å². The van der Waals surface area contributed by atoms with E-state index >= 15 is 0 Å². The fourth-order valence-electron chi connectivity index (χ4n) is 6.15. The third-order valence-corrected chi connectivity index (χ3v) is 8.31. The second-order valence-corrected chi connectivity index (χ2v) is 10.1. The lowest BCUT2D eigenvalue weighted by atomic mass is 9.82. The zero-order valence-electron chi connectivity index (χ0n) is 19.4. The highest BCUT2D eigenvalue weighted by atomic mass is 19.4. The third-order valence-electron chi connectivity index (χ3n) is 8.31. The number of rotatable bonds is 5. The molecule has 5 rings (SSSR count). The van der Waals surface area contributed by atoms with E-state index in [4.69, 9.17) is 0 Å². The third kappa shape index (κ3) is 4.13. The number of aromatic nitrogens is 1. The summed E-state index contributed by atoms with van der Waals surface area (Å²) < 4.78 is 42.7. The summed E-state index contributed by atoms with van der Waals surface area (Å²) in [5.41, 5.74) is 3.75. The quantitative estimate of drug-likeness (QED) is 0.682. The topological polar surface area (TPSA) is 31.6 Å². The van der Waals surface area contributed by atoms with Gasteiger partial charge in [0.25, 0.3) is 0 Å². The van der Waals surface area contributed by atoms with Gasteiger partial charge in [0.2, 0.25) is 0 Å². The van der Waals surface area contributed by atoms with Gasteiger partial charge < -0.3 is 9.67 Å². The molecule has 2 aliphatic heterocycles. The Labute approximate surface area is 194 Å². The van der Waals surface area contributed by atoms with Crippen LogP contribution in [0.3, 0.4) is 0 Å². The SMILES string of the molecule is CCC12CCc3c(cc(C4CCC4)n3-c3cccc(C(F)(F)F)c3)CN1CCN(CCO)C2. The van der Waals surface area contributed by atoms with E-state index in [1.54, 1.807) is 0 Å². The van der Waals surface area contributed by atoms with Crippen molar-refractivity contribution in [2.75, 3.05) is 32.8 Å². The molecule has 1 atom stereocenters. The number of hydrogen-bond donors (Lipinski definition) is 1. The van der Waals surface area contributed by atoms with Gasteiger partial charge >= 0.3 is 6.18 Å². The lowest BCUT2D eigenvalue weighted by Gasteiger charge is -2.50. The van der Waals surface area contributed by atoms with E-state index in [1.165, 1.54) is 35.5 Å². The summed E-state index contributed by atoms with van der Waals surface area (Å²) in [5, 5.41) is 9.45. The molecule has 180 valence electrons. The fraction of sp³-hybridized carbons (Fsp3) is 0.615. The summed E-state index contributed by atoms with van der Waals surface area (Å²) in [5.74, 6) is 0.434. The minimum Gasteiger partial charge on any atom is -0.395 e. The number of alkyl halides is 3. The summed E-state index contributed by atoms with van der Waals surface area (Å²) in [6, 6.07) is 8.14. The molecule has 0 radical (unpaired) electrons. The van der Waals surface area contributed by atoms with Crippen molar-refractivity contribution in [2.45, 2.75) is 69.6 Å². The Morgan fingerprint density at radius 2 is 1.97 bits per heavy atom. The maximum absolute atomic E-state index is 13.5. The molecule has 4 nitrogen and oxygen atoms in total. The average molecular weight is 462 g/mol. The van der Waals surface area contributed by atoms with Gasteiger partial charge in [-0.2, -0.15) is 13.2 Å². The van der Waals surface area contributed by atoms with Crippen LogP contribution in [-0.4, -0.2) is 57.8 Å². The highest BCUT2D eigenvalue weighted by Crippen LogP contribution is 2.43. The van der Waals surface area contributed by atoms with Crippen LogP contribution in [0.15, 0.2) is 30.3 Å². The van der Waals surface area contributed by atoms with Gasteiger partial charge in [0, 0.05) is 55.3 Å². The molecule has 33 heavy (non-hydrogen) atoms. The zero-order valence-corrected chi connectivity index (χ0v) is 19.4. The molecule has 3 aliphatic rings. The van der Waals surface area contributed by atoms with Crippen LogP contribution in [0.2, 0.25) is 0 Å². The number of fused-ring (bicyclic) bond motifs is 2. The Morgan fingerprint density at radius 3 is 2.64 bits per heavy atom. The average Bonchev–Trinajstić information content (AvgIpc) is 3.01. The molecule has 1 aromatic heterocycles. The first-order valence-corrected chi connectivity index (χ1v) is 12.3. The number of aliphatic hydroxyl groups is 1. The molecule has 1 unspecified atom stereocenters. The van der Waals surface area contributed by atoms with E-state index in [1.807, 2.05) is 6.07 Å². The smallest absolute Gasteiger partial charge is 0.395 e. The van der Waals surface area contributed by atoms with Crippen molar-refractivity contribution >= 4 is 0 Å². The van der Waals surface area contributed by atoms with E-state index in [0.717, 1.165) is 64.3 Å². The molecule has 1 saturated heterocycles. The van der Waals surface area contributed by atoms with E-state index in [-0.39, 0.29) is 12.1 Å². The van der Waals surface area contributed by atoms with Gasteiger partial charge in [0.05, 0.1) is 12.2 Å². The number of benzene rings is 1. The minimum atomic E-state index is -4.35. The van der Waals surface area contributed by atoms with Crippen molar-refractivity contribution < 1.29 is 18.3 Å². The molecule has 1 aliphatic carbocycles. The van der Waals surface area contributed by atoms with Crippen molar-refractivity contribution in [3.8, 4) is 5.69 Å². The van der Waals surface area contributed by atoms with Crippen molar-refractivity contribution in [3.05, 3.63) is 52.8 Å². The molecular formula is C26H34F3N3O. The van der Waals surface area contributed by atoms with Crippen molar-refractivity contribution in [3.63, 3.8) is 0 Å². The van der Waals surface area contributed by atoms with E-state index in [0.29, 0.717) is 18.2 Å². The first kappa shape index (κ1) is 22.9. The van der Waals surface area contributed by atoms with Crippen LogP contribution in [0, 0.1) is 0 Å². The summed E-state index contributed by atoms with van der Waals surface area (Å²) in [7, 11) is 0. The van der Waals surface area contributed by atoms with Gasteiger partial charge in [-0.1, -0.05) is 19.4 Å². The molecule has 0 bridgehead atoms. The molecule has 2 aromatic rings. The second-order valence-electron chi connectivity index (χ2n) is 10.1. The molecular weight excluding hydrogens is 427 g/mol. The number of aliphatic hydroxyl groups excluding tert-OH is 1. The highest BCUT2D eigenvalue weighted by Gasteiger charge is 2.43. The van der Waals surface area contributed by atoms with Gasteiger partial charge in [0.15, 0.2) is 0 Å². The first-order chi connectivity index (χ1) is 15.8. The number of halogens is 3. The lowest BCUT2D eigenvalue weighted by Crippen LogP contribution is -2.61. The Balaban J connectivity index is 1.55. The molecule has 1 aromatic carbocycles. The van der Waals surface area contributed by atoms with Gasteiger partial charge in [-0.15, -0.1) is 0 Å². The summed E-state index contributed by atoms with van der Waals surface area (Å²) in [4.78, 5) is 4.96. The van der Waals surface area contributed by atoms with Crippen LogP contribution in [0.5, 0.6) is 0 Å². The summed E-state index contributed by atoms with van der Waals surface area (Å²) in [6.45, 7) is 6.81. The predicted octanol–water partition coefficient (Wildman–Crippen LogP) is 4.97. The molecule has 0 spiro atoms. The number of nitrogens with zero attached hydrogens (tertiary/aromatic N) is 3. The molecule has 2 fully saturated rings. The Hall–Kier alpha value is -1.83. The fourth-order valence-corrected chi connectivity index (χ4v) is 6.15. The highest BCUT2D eigenvalue weighted by molar-refractivity contribution is 5.46. The Kier molecular flexibility index (Phi) is 6.08. The van der Waals surface area contributed by atoms with Crippen LogP contribution in [0.4, 0.5) is 13.2 Å². The van der Waals surface area contributed by atoms with Crippen molar-refractivity contribution in [1.82, 2.24) is 14.4 Å². The standard InChI is InChI=1S/C26H34F3N3O/c1-2-25-10-9-23-20(17-31(25)12-11-30(18-25)13-14-33)15-24(19-5-3-6-19)32(23)22-8-4-7-21(16-22)26(27,28)29/h4,7-8,15-16,19,33H,2-3,5-6,9-14,17-18H2,1H3. The van der Waals surface area contributed by atoms with Gasteiger partial charge in [-0.3, -0.25) is 9.80 Å². The van der Waals surface area contributed by atoms with E-state index < -0.39 is 11.7 Å². The first-order valence-electron chi connectivity index (χ1n) is 12.3. The Bertz CT molecular complexity index is 997. The van der Waals surface area contributed by atoms with Crippen molar-refractivity contribution in [2.24, 2.45) is 0 Å². The van der Waals surface area contributed by atoms with Crippen LogP contribution in [-0.2, 0) is 19.1 Å². The lowest BCUT2D eigenvalue weighted by molar-refractivity contribution is -0.137. The zero-order chi connectivity index (χ0) is 23.2. The normalized spacial score (nSPS) is 24.8. The monoisotopic (exact) mass is 461 g/mol. The molecule has 7 heteroatoms. The molecule has 0 amide bonds. The second kappa shape index (κ2) is 8.75. The van der Waals surface area contributed by atoms with Crippen LogP contribution in [0.1, 0.15) is 67.5 Å². The number of piperazine rings is 1. The summed E-state index contributed by atoms with van der Waals surface area (Å²) in [6.07, 6.45) is 1.93. The van der Waals surface area contributed by atoms with Crippen LogP contribution >= 0.6 is 0 Å². The van der Waals surface area contributed by atoms with E-state index in [2.05, 4.69) is 27.4 Å². The van der Waals surface area contributed by atoms with E-state index in [9.17, 15) is 18.3 Å². The van der Waals surface area contributed by atoms with Crippen LogP contribution < -0.4 is 0 Å². The molecule has 3 heterocycles. The number of β-amino-alcohol motifs (C(OH)–C–C–N with tert-alkyl or cyclic N) is 1. The van der Waals surface area contributed by atoms with Gasteiger partial charge in [-0.25, -0.2) is 0 Å². The maximum Gasteiger partial charge on any atom is 0.416 e. The number of hydrogen-bond acceptors (Lipinski definition) is 3. The van der Waals surface area contributed by atoms with Gasteiger partial charge in [0.1, 0.15) is 0 Å². The minimum absolute atomic E-state index is 0.0434. The Morgan fingerprint density at radius 1 is 1.15 bits per heavy atom. The molecule has 1 N–H and O–H groups in total. The summed E-state index contributed by atoms with van der Waals surface area (Å²) >= 11 is 0. The van der Waals surface area contributed by atoms with Gasteiger partial charge in [-0.05, 0) is 67.9 Å². The maximum atomic E-state index is 13.5. The predicted molar refractivity (Wildman–Crippen MR) is 123 cm³/mol. The van der Waals surface area contributed by atoms with Crippen LogP contribution in [0.25, 0.3) is 5.69 Å². The largest absolute Gasteiger partial charge is 0.416 e.